The molecule has 0 saturated heterocycles. The maximum Gasteiger partial charge on any atom is 0.265 e. The predicted octanol–water partition coefficient (Wildman–Crippen LogP) is 4.26. The van der Waals surface area contributed by atoms with Crippen molar-refractivity contribution in [2.24, 2.45) is 0 Å². The molecule has 12 nitrogen and oxygen atoms in total. The summed E-state index contributed by atoms with van der Waals surface area (Å²) in [6, 6.07) is 14.8. The minimum atomic E-state index is -4.45. The van der Waals surface area contributed by atoms with Crippen molar-refractivity contribution in [2.75, 3.05) is 46.4 Å². The van der Waals surface area contributed by atoms with Crippen LogP contribution in [0.25, 0.3) is 0 Å². The van der Waals surface area contributed by atoms with Crippen LogP contribution in [0.4, 0.5) is 5.69 Å². The molecule has 3 rings (SSSR count). The van der Waals surface area contributed by atoms with Crippen LogP contribution in [0.2, 0.25) is 0 Å². The van der Waals surface area contributed by atoms with E-state index in [9.17, 15) is 18.0 Å². The normalized spacial score (nSPS) is 12.3. The van der Waals surface area contributed by atoms with Gasteiger partial charge in [-0.3, -0.25) is 13.9 Å². The minimum absolute atomic E-state index is 0.0252. The summed E-state index contributed by atoms with van der Waals surface area (Å²) in [5, 5.41) is 2.92. The van der Waals surface area contributed by atoms with Gasteiger partial charge in [0.25, 0.3) is 10.0 Å². The third kappa shape index (κ3) is 8.33. The van der Waals surface area contributed by atoms with Crippen molar-refractivity contribution in [3.05, 3.63) is 66.2 Å². The van der Waals surface area contributed by atoms with Crippen LogP contribution in [0.3, 0.4) is 0 Å². The average Bonchev–Trinajstić information content (AvgIpc) is 3.08. The van der Waals surface area contributed by atoms with Gasteiger partial charge >= 0.3 is 0 Å². The molecule has 0 aliphatic heterocycles. The van der Waals surface area contributed by atoms with Crippen LogP contribution in [0, 0.1) is 0 Å². The summed E-state index contributed by atoms with van der Waals surface area (Å²) in [6.45, 7) is 4.77. The van der Waals surface area contributed by atoms with E-state index in [2.05, 4.69) is 5.32 Å². The Bertz CT molecular complexity index is 1600. The second-order valence-corrected chi connectivity index (χ2v) is 12.3. The number of nitrogens with one attached hydrogen (secondary N) is 1. The summed E-state index contributed by atoms with van der Waals surface area (Å²) in [4.78, 5) is 28.8. The number of amides is 2. The van der Waals surface area contributed by atoms with Crippen molar-refractivity contribution >= 4 is 27.5 Å². The molecular formula is C33H43N3O9S. The van der Waals surface area contributed by atoms with Crippen molar-refractivity contribution in [1.82, 2.24) is 10.2 Å². The molecule has 250 valence electrons. The molecule has 0 radical (unpaired) electrons. The number of carbonyl (C=O) groups excluding carboxylic acids is 2. The van der Waals surface area contributed by atoms with E-state index in [4.69, 9.17) is 23.7 Å². The van der Waals surface area contributed by atoms with Crippen LogP contribution in [-0.4, -0.2) is 79.3 Å². The number of hydrogen-bond donors (Lipinski definition) is 1. The second-order valence-electron chi connectivity index (χ2n) is 10.4. The van der Waals surface area contributed by atoms with Crippen molar-refractivity contribution in [3.63, 3.8) is 0 Å². The summed E-state index contributed by atoms with van der Waals surface area (Å²) >= 11 is 0. The van der Waals surface area contributed by atoms with Gasteiger partial charge in [-0.05, 0) is 62.2 Å². The van der Waals surface area contributed by atoms with Crippen molar-refractivity contribution in [2.45, 2.75) is 50.7 Å². The zero-order chi connectivity index (χ0) is 34.0. The molecule has 2 atom stereocenters. The van der Waals surface area contributed by atoms with Crippen LogP contribution < -0.4 is 33.3 Å². The van der Waals surface area contributed by atoms with Crippen LogP contribution in [-0.2, 0) is 26.2 Å². The smallest absolute Gasteiger partial charge is 0.265 e. The Morgan fingerprint density at radius 1 is 0.761 bits per heavy atom. The SMILES string of the molecule is CC[C@H](C)NC(=O)[C@H](C)N(Cc1ccc(OC)cc1)C(=O)CN(c1cc(OC)ccc1OC)S(=O)(=O)c1ccc(OC)c(OC)c1. The lowest BCUT2D eigenvalue weighted by molar-refractivity contribution is -0.139. The van der Waals surface area contributed by atoms with Gasteiger partial charge in [-0.1, -0.05) is 19.1 Å². The van der Waals surface area contributed by atoms with Crippen molar-refractivity contribution in [1.29, 1.82) is 0 Å². The van der Waals surface area contributed by atoms with Gasteiger partial charge in [0.2, 0.25) is 11.8 Å². The highest BCUT2D eigenvalue weighted by molar-refractivity contribution is 7.92. The molecule has 46 heavy (non-hydrogen) atoms. The lowest BCUT2D eigenvalue weighted by atomic mass is 10.1. The fourth-order valence-electron chi connectivity index (χ4n) is 4.59. The number of benzene rings is 3. The first-order chi connectivity index (χ1) is 21.9. The highest BCUT2D eigenvalue weighted by Gasteiger charge is 2.35. The average molecular weight is 658 g/mol. The molecule has 1 N–H and O–H groups in total. The van der Waals surface area contributed by atoms with Crippen LogP contribution in [0.15, 0.2) is 65.6 Å². The van der Waals surface area contributed by atoms with E-state index in [0.717, 1.165) is 4.31 Å². The molecule has 0 aliphatic rings. The monoisotopic (exact) mass is 657 g/mol. The van der Waals surface area contributed by atoms with Gasteiger partial charge in [-0.25, -0.2) is 8.42 Å². The molecule has 2 amide bonds. The van der Waals surface area contributed by atoms with Crippen LogP contribution in [0.5, 0.6) is 28.7 Å². The van der Waals surface area contributed by atoms with Gasteiger partial charge in [-0.15, -0.1) is 0 Å². The molecule has 0 fully saturated rings. The van der Waals surface area contributed by atoms with Crippen molar-refractivity contribution in [3.8, 4) is 28.7 Å². The van der Waals surface area contributed by atoms with Gasteiger partial charge in [0, 0.05) is 24.7 Å². The van der Waals surface area contributed by atoms with Crippen LogP contribution >= 0.6 is 0 Å². The second kappa shape index (κ2) is 16.1. The topological polar surface area (TPSA) is 133 Å². The Hall–Kier alpha value is -4.65. The molecule has 0 aliphatic carbocycles. The summed E-state index contributed by atoms with van der Waals surface area (Å²) in [5.74, 6) is 0.662. The van der Waals surface area contributed by atoms with E-state index in [1.807, 2.05) is 13.8 Å². The Kier molecular flexibility index (Phi) is 12.5. The number of anilines is 1. The lowest BCUT2D eigenvalue weighted by Crippen LogP contribution is -2.52. The molecule has 0 aromatic heterocycles. The predicted molar refractivity (Wildman–Crippen MR) is 175 cm³/mol. The van der Waals surface area contributed by atoms with E-state index in [-0.39, 0.29) is 40.6 Å². The first-order valence-electron chi connectivity index (χ1n) is 14.6. The molecule has 0 saturated carbocycles. The number of nitrogens with zero attached hydrogens (tertiary/aromatic N) is 2. The highest BCUT2D eigenvalue weighted by Crippen LogP contribution is 2.37. The standard InChI is InChI=1S/C33H43N3O9S/c1-9-22(2)34-33(38)23(3)35(20-24-10-12-25(41-4)13-11-24)32(37)21-36(28-18-26(42-5)14-16-29(28)43-6)46(39,40)27-15-17-30(44-7)31(19-27)45-8/h10-19,22-23H,9,20-21H2,1-8H3,(H,34,38)/t22-,23-/m0/s1. The summed E-state index contributed by atoms with van der Waals surface area (Å²) in [6.07, 6.45) is 0.692. The zero-order valence-corrected chi connectivity index (χ0v) is 28.3. The van der Waals surface area contributed by atoms with Crippen molar-refractivity contribution < 1.29 is 41.7 Å². The summed E-state index contributed by atoms with van der Waals surface area (Å²) in [5.41, 5.74) is 0.775. The van der Waals surface area contributed by atoms with Crippen LogP contribution in [0.1, 0.15) is 32.8 Å². The Morgan fingerprint density at radius 3 is 1.91 bits per heavy atom. The Balaban J connectivity index is 2.16. The Labute approximate surface area is 271 Å². The molecule has 3 aromatic carbocycles. The van der Waals surface area contributed by atoms with E-state index in [1.165, 1.54) is 57.6 Å². The maximum atomic E-state index is 14.4. The van der Waals surface area contributed by atoms with E-state index in [0.29, 0.717) is 29.2 Å². The highest BCUT2D eigenvalue weighted by atomic mass is 32.2. The van der Waals surface area contributed by atoms with E-state index >= 15 is 0 Å². The quantitative estimate of drug-likeness (QED) is 0.240. The maximum absolute atomic E-state index is 14.4. The third-order valence-electron chi connectivity index (χ3n) is 7.56. The van der Waals surface area contributed by atoms with Gasteiger partial charge in [-0.2, -0.15) is 0 Å². The van der Waals surface area contributed by atoms with Gasteiger partial charge in [0.1, 0.15) is 29.8 Å². The molecule has 13 heteroatoms. The zero-order valence-electron chi connectivity index (χ0n) is 27.5. The Morgan fingerprint density at radius 2 is 1.35 bits per heavy atom. The molecule has 0 unspecified atom stereocenters. The van der Waals surface area contributed by atoms with Gasteiger partial charge < -0.3 is 33.9 Å². The summed E-state index contributed by atoms with van der Waals surface area (Å²) in [7, 11) is 2.77. The fraction of sp³-hybridized carbons (Fsp3) is 0.394. The first kappa shape index (κ1) is 35.8. The molecule has 3 aromatic rings. The molecule has 0 bridgehead atoms. The largest absolute Gasteiger partial charge is 0.497 e. The molecule has 0 spiro atoms. The fourth-order valence-corrected chi connectivity index (χ4v) is 6.02. The van der Waals surface area contributed by atoms with Gasteiger partial charge in [0.15, 0.2) is 11.5 Å². The van der Waals surface area contributed by atoms with E-state index < -0.39 is 28.5 Å². The first-order valence-corrected chi connectivity index (χ1v) is 16.1. The summed E-state index contributed by atoms with van der Waals surface area (Å²) < 4.78 is 56.6. The number of ether oxygens (including phenoxy) is 5. The third-order valence-corrected chi connectivity index (χ3v) is 9.31. The number of sulfonamides is 1. The number of carbonyl (C=O) groups is 2. The minimum Gasteiger partial charge on any atom is -0.497 e. The lowest BCUT2D eigenvalue weighted by Gasteiger charge is -2.33. The molecular weight excluding hydrogens is 614 g/mol. The number of hydrogen-bond acceptors (Lipinski definition) is 9. The number of methoxy groups -OCH3 is 5. The molecule has 0 heterocycles. The number of rotatable bonds is 16. The van der Waals surface area contributed by atoms with Gasteiger partial charge in [0.05, 0.1) is 46.1 Å². The van der Waals surface area contributed by atoms with E-state index in [1.54, 1.807) is 50.4 Å².